The predicted molar refractivity (Wildman–Crippen MR) is 62.2 cm³/mol. The molecule has 1 amide bonds. The maximum atomic E-state index is 11.4. The van der Waals surface area contributed by atoms with Crippen molar-refractivity contribution in [3.8, 4) is 0 Å². The fourth-order valence-electron chi connectivity index (χ4n) is 1.47. The first-order valence-corrected chi connectivity index (χ1v) is 5.67. The Morgan fingerprint density at radius 2 is 1.81 bits per heavy atom. The number of hydrogen-bond acceptors (Lipinski definition) is 3. The lowest BCUT2D eigenvalue weighted by molar-refractivity contribution is -0.149. The molecule has 0 aliphatic heterocycles. The molecule has 0 rings (SSSR count). The van der Waals surface area contributed by atoms with Crippen LogP contribution in [0.3, 0.4) is 0 Å². The van der Waals surface area contributed by atoms with E-state index in [-0.39, 0.29) is 12.5 Å². The maximum Gasteiger partial charge on any atom is 0.311 e. The second-order valence-corrected chi connectivity index (χ2v) is 3.92. The summed E-state index contributed by atoms with van der Waals surface area (Å²) in [5.41, 5.74) is -0.824. The van der Waals surface area contributed by atoms with Crippen molar-refractivity contribution in [1.82, 2.24) is 10.6 Å². The molecule has 94 valence electrons. The first-order chi connectivity index (χ1) is 7.52. The molecule has 0 saturated heterocycles. The van der Waals surface area contributed by atoms with E-state index in [0.29, 0.717) is 25.8 Å². The Kier molecular flexibility index (Phi) is 6.72. The highest BCUT2D eigenvalue weighted by Crippen LogP contribution is 2.25. The SMILES string of the molecule is CCC(CC)(CNC(=O)CCNC)C(=O)O. The number of hydrogen-bond donors (Lipinski definition) is 3. The molecule has 0 aromatic carbocycles. The maximum absolute atomic E-state index is 11.4. The van der Waals surface area contributed by atoms with E-state index in [1.807, 2.05) is 13.8 Å². The number of aliphatic carboxylic acids is 1. The summed E-state index contributed by atoms with van der Waals surface area (Å²) < 4.78 is 0. The second-order valence-electron chi connectivity index (χ2n) is 3.92. The van der Waals surface area contributed by atoms with E-state index in [0.717, 1.165) is 0 Å². The van der Waals surface area contributed by atoms with Crippen molar-refractivity contribution in [3.63, 3.8) is 0 Å². The molecule has 0 spiro atoms. The number of rotatable bonds is 8. The summed E-state index contributed by atoms with van der Waals surface area (Å²) >= 11 is 0. The van der Waals surface area contributed by atoms with Gasteiger partial charge < -0.3 is 15.7 Å². The molecule has 3 N–H and O–H groups in total. The summed E-state index contributed by atoms with van der Waals surface area (Å²) in [6.07, 6.45) is 1.41. The van der Waals surface area contributed by atoms with E-state index in [1.165, 1.54) is 0 Å². The smallest absolute Gasteiger partial charge is 0.311 e. The summed E-state index contributed by atoms with van der Waals surface area (Å²) in [6, 6.07) is 0. The lowest BCUT2D eigenvalue weighted by Gasteiger charge is -2.26. The zero-order valence-corrected chi connectivity index (χ0v) is 10.3. The zero-order valence-electron chi connectivity index (χ0n) is 10.3. The number of carboxylic acids is 1. The van der Waals surface area contributed by atoms with Gasteiger partial charge in [0.15, 0.2) is 0 Å². The van der Waals surface area contributed by atoms with E-state index in [2.05, 4.69) is 10.6 Å². The molecule has 5 heteroatoms. The molecule has 0 bridgehead atoms. The molecule has 0 saturated carbocycles. The van der Waals surface area contributed by atoms with Gasteiger partial charge in [-0.25, -0.2) is 0 Å². The van der Waals surface area contributed by atoms with Gasteiger partial charge >= 0.3 is 5.97 Å². The van der Waals surface area contributed by atoms with Crippen LogP contribution in [-0.2, 0) is 9.59 Å². The standard InChI is InChI=1S/C11H22N2O3/c1-4-11(5-2,10(15)16)8-13-9(14)6-7-12-3/h12H,4-8H2,1-3H3,(H,13,14)(H,15,16). The quantitative estimate of drug-likeness (QED) is 0.570. The first-order valence-electron chi connectivity index (χ1n) is 5.67. The monoisotopic (exact) mass is 230 g/mol. The average Bonchev–Trinajstić information content (AvgIpc) is 2.28. The Balaban J connectivity index is 4.22. The van der Waals surface area contributed by atoms with Crippen LogP contribution in [0.4, 0.5) is 0 Å². The molecule has 5 nitrogen and oxygen atoms in total. The number of amides is 1. The van der Waals surface area contributed by atoms with Gasteiger partial charge in [0.1, 0.15) is 0 Å². The molecule has 0 fully saturated rings. The van der Waals surface area contributed by atoms with Crippen molar-refractivity contribution in [2.45, 2.75) is 33.1 Å². The molecule has 0 aliphatic rings. The molecule has 0 radical (unpaired) electrons. The van der Waals surface area contributed by atoms with Gasteiger partial charge in [0.25, 0.3) is 0 Å². The fraction of sp³-hybridized carbons (Fsp3) is 0.818. The van der Waals surface area contributed by atoms with Crippen LogP contribution in [0.15, 0.2) is 0 Å². The molecule has 0 heterocycles. The Morgan fingerprint density at radius 1 is 1.25 bits per heavy atom. The third-order valence-electron chi connectivity index (χ3n) is 3.03. The van der Waals surface area contributed by atoms with Gasteiger partial charge in [-0.05, 0) is 19.9 Å². The van der Waals surface area contributed by atoms with E-state index in [1.54, 1.807) is 7.05 Å². The first kappa shape index (κ1) is 14.9. The zero-order chi connectivity index (χ0) is 12.6. The van der Waals surface area contributed by atoms with E-state index >= 15 is 0 Å². The highest BCUT2D eigenvalue weighted by molar-refractivity contribution is 5.79. The minimum Gasteiger partial charge on any atom is -0.481 e. The minimum absolute atomic E-state index is 0.109. The van der Waals surface area contributed by atoms with Crippen molar-refractivity contribution < 1.29 is 14.7 Å². The lowest BCUT2D eigenvalue weighted by Crippen LogP contribution is -2.42. The van der Waals surface area contributed by atoms with Gasteiger partial charge in [-0.1, -0.05) is 13.8 Å². The second kappa shape index (κ2) is 7.22. The van der Waals surface area contributed by atoms with Crippen LogP contribution in [-0.4, -0.2) is 37.1 Å². The van der Waals surface area contributed by atoms with Crippen molar-refractivity contribution >= 4 is 11.9 Å². The fourth-order valence-corrected chi connectivity index (χ4v) is 1.47. The Labute approximate surface area is 96.6 Å². The van der Waals surface area contributed by atoms with E-state index in [4.69, 9.17) is 5.11 Å². The van der Waals surface area contributed by atoms with Crippen molar-refractivity contribution in [2.75, 3.05) is 20.1 Å². The third-order valence-corrected chi connectivity index (χ3v) is 3.03. The van der Waals surface area contributed by atoms with Gasteiger partial charge in [-0.2, -0.15) is 0 Å². The summed E-state index contributed by atoms with van der Waals surface area (Å²) in [4.78, 5) is 22.5. The van der Waals surface area contributed by atoms with Crippen LogP contribution < -0.4 is 10.6 Å². The summed E-state index contributed by atoms with van der Waals surface area (Å²) in [5, 5.41) is 14.7. The number of carboxylic acid groups (broad SMARTS) is 1. The molecule has 0 aromatic heterocycles. The molecular formula is C11H22N2O3. The molecule has 0 aromatic rings. The van der Waals surface area contributed by atoms with Gasteiger partial charge in [0.05, 0.1) is 5.41 Å². The summed E-state index contributed by atoms with van der Waals surface area (Å²) in [6.45, 7) is 4.47. The topological polar surface area (TPSA) is 78.4 Å². The molecule has 0 unspecified atom stereocenters. The number of carbonyl (C=O) groups excluding carboxylic acids is 1. The Morgan fingerprint density at radius 3 is 2.19 bits per heavy atom. The van der Waals surface area contributed by atoms with Crippen molar-refractivity contribution in [1.29, 1.82) is 0 Å². The lowest BCUT2D eigenvalue weighted by atomic mass is 9.82. The molecule has 16 heavy (non-hydrogen) atoms. The van der Waals surface area contributed by atoms with Crippen LogP contribution in [0.2, 0.25) is 0 Å². The summed E-state index contributed by atoms with van der Waals surface area (Å²) in [5.74, 6) is -0.951. The third kappa shape index (κ3) is 4.18. The van der Waals surface area contributed by atoms with Crippen LogP contribution in [0, 0.1) is 5.41 Å². The van der Waals surface area contributed by atoms with E-state index in [9.17, 15) is 9.59 Å². The van der Waals surface area contributed by atoms with Crippen LogP contribution in [0.25, 0.3) is 0 Å². The van der Waals surface area contributed by atoms with Crippen molar-refractivity contribution in [3.05, 3.63) is 0 Å². The molecule has 0 atom stereocenters. The highest BCUT2D eigenvalue weighted by Gasteiger charge is 2.34. The van der Waals surface area contributed by atoms with Gasteiger partial charge in [-0.15, -0.1) is 0 Å². The number of nitrogens with one attached hydrogen (secondary N) is 2. The van der Waals surface area contributed by atoms with E-state index < -0.39 is 11.4 Å². The molecular weight excluding hydrogens is 208 g/mol. The minimum atomic E-state index is -0.841. The van der Waals surface area contributed by atoms with Crippen LogP contribution in [0.1, 0.15) is 33.1 Å². The Bertz CT molecular complexity index is 237. The van der Waals surface area contributed by atoms with Crippen LogP contribution in [0.5, 0.6) is 0 Å². The number of carbonyl (C=O) groups is 2. The predicted octanol–water partition coefficient (Wildman–Crippen LogP) is 0.603. The van der Waals surface area contributed by atoms with Gasteiger partial charge in [-0.3, -0.25) is 9.59 Å². The van der Waals surface area contributed by atoms with Gasteiger partial charge in [0, 0.05) is 19.5 Å². The Hall–Kier alpha value is -1.10. The highest BCUT2D eigenvalue weighted by atomic mass is 16.4. The van der Waals surface area contributed by atoms with Crippen molar-refractivity contribution in [2.24, 2.45) is 5.41 Å². The van der Waals surface area contributed by atoms with Gasteiger partial charge in [0.2, 0.25) is 5.91 Å². The van der Waals surface area contributed by atoms with Crippen LogP contribution >= 0.6 is 0 Å². The molecule has 0 aliphatic carbocycles. The normalized spacial score (nSPS) is 11.2. The average molecular weight is 230 g/mol. The largest absolute Gasteiger partial charge is 0.481 e. The summed E-state index contributed by atoms with van der Waals surface area (Å²) in [7, 11) is 1.77.